The number of nitriles is 1. The molecular formula is C20H24F3N5O3. The highest BCUT2D eigenvalue weighted by Gasteiger charge is 2.35. The van der Waals surface area contributed by atoms with Gasteiger partial charge in [-0.05, 0) is 25.0 Å². The number of carbonyl (C=O) groups excluding carboxylic acids is 1. The fourth-order valence-corrected chi connectivity index (χ4v) is 4.19. The maximum atomic E-state index is 12.9. The molecule has 1 saturated heterocycles. The zero-order valence-corrected chi connectivity index (χ0v) is 17.0. The van der Waals surface area contributed by atoms with E-state index in [1.54, 1.807) is 4.90 Å². The fraction of sp³-hybridized carbons (Fsp3) is 0.600. The molecule has 0 spiro atoms. The molecule has 1 N–H and O–H groups in total. The molecule has 0 radical (unpaired) electrons. The molecule has 168 valence electrons. The lowest BCUT2D eigenvalue weighted by atomic mass is 9.83. The smallest absolute Gasteiger partial charge is 0.363 e. The predicted octanol–water partition coefficient (Wildman–Crippen LogP) is 3.08. The molecule has 1 aromatic rings. The molecule has 0 unspecified atom stereocenters. The fourth-order valence-electron chi connectivity index (χ4n) is 4.19. The summed E-state index contributed by atoms with van der Waals surface area (Å²) in [6, 6.07) is 4.77. The van der Waals surface area contributed by atoms with Crippen LogP contribution in [0.15, 0.2) is 18.2 Å². The lowest BCUT2D eigenvalue weighted by molar-refractivity contribution is -0.384. The number of benzene rings is 1. The average Bonchev–Trinajstić information content (AvgIpc) is 2.73. The standard InChI is InChI=1S/C20H24F3N5O3/c21-20(22,23)15-4-5-16(17(12-15)28(30)31)27-10-8-26(9-11-27)13-18(29)25-19(14-24)6-2-1-3-7-19/h4-5,12H,1-3,6-11,13H2,(H,25,29). The minimum atomic E-state index is -4.66. The number of hydrogen-bond donors (Lipinski definition) is 1. The Morgan fingerprint density at radius 1 is 1.19 bits per heavy atom. The van der Waals surface area contributed by atoms with Crippen LogP contribution in [0.4, 0.5) is 24.5 Å². The molecule has 1 aliphatic carbocycles. The first-order valence-electron chi connectivity index (χ1n) is 10.2. The minimum Gasteiger partial charge on any atom is -0.363 e. The number of halogens is 3. The summed E-state index contributed by atoms with van der Waals surface area (Å²) in [5, 5.41) is 23.7. The van der Waals surface area contributed by atoms with Gasteiger partial charge in [0.05, 0.1) is 23.1 Å². The third-order valence-corrected chi connectivity index (χ3v) is 5.88. The molecule has 2 aliphatic rings. The minimum absolute atomic E-state index is 0.104. The van der Waals surface area contributed by atoms with Crippen LogP contribution in [0.3, 0.4) is 0 Å². The summed E-state index contributed by atoms with van der Waals surface area (Å²) < 4.78 is 38.7. The first kappa shape index (κ1) is 22.8. The van der Waals surface area contributed by atoms with E-state index in [4.69, 9.17) is 0 Å². The molecule has 1 aliphatic heterocycles. The van der Waals surface area contributed by atoms with E-state index < -0.39 is 27.9 Å². The Labute approximate surface area is 177 Å². The summed E-state index contributed by atoms with van der Waals surface area (Å²) in [6.45, 7) is 1.62. The highest BCUT2D eigenvalue weighted by atomic mass is 19.4. The first-order valence-corrected chi connectivity index (χ1v) is 10.2. The normalized spacial score (nSPS) is 19.5. The van der Waals surface area contributed by atoms with Gasteiger partial charge < -0.3 is 10.2 Å². The Balaban J connectivity index is 1.60. The van der Waals surface area contributed by atoms with Gasteiger partial charge in [-0.2, -0.15) is 18.4 Å². The Kier molecular flexibility index (Phi) is 6.69. The van der Waals surface area contributed by atoms with Crippen molar-refractivity contribution in [2.24, 2.45) is 0 Å². The molecular weight excluding hydrogens is 415 g/mol. The summed E-state index contributed by atoms with van der Waals surface area (Å²) in [7, 11) is 0. The van der Waals surface area contributed by atoms with Crippen LogP contribution >= 0.6 is 0 Å². The molecule has 3 rings (SSSR count). The van der Waals surface area contributed by atoms with Crippen molar-refractivity contribution in [3.8, 4) is 6.07 Å². The number of piperazine rings is 1. The van der Waals surface area contributed by atoms with Gasteiger partial charge >= 0.3 is 6.18 Å². The van der Waals surface area contributed by atoms with Crippen LogP contribution in [0.1, 0.15) is 37.7 Å². The predicted molar refractivity (Wildman–Crippen MR) is 106 cm³/mol. The molecule has 1 amide bonds. The third kappa shape index (κ3) is 5.44. The van der Waals surface area contributed by atoms with Crippen LogP contribution in [-0.4, -0.2) is 54.0 Å². The molecule has 31 heavy (non-hydrogen) atoms. The quantitative estimate of drug-likeness (QED) is 0.559. The van der Waals surface area contributed by atoms with Crippen LogP contribution in [-0.2, 0) is 11.0 Å². The summed E-state index contributed by atoms with van der Waals surface area (Å²) in [4.78, 5) is 26.5. The number of alkyl halides is 3. The van der Waals surface area contributed by atoms with Crippen LogP contribution in [0, 0.1) is 21.4 Å². The van der Waals surface area contributed by atoms with Crippen molar-refractivity contribution in [1.29, 1.82) is 5.26 Å². The van der Waals surface area contributed by atoms with E-state index in [0.717, 1.165) is 31.4 Å². The van der Waals surface area contributed by atoms with E-state index in [-0.39, 0.29) is 18.1 Å². The number of nitrogens with zero attached hydrogens (tertiary/aromatic N) is 4. The Hall–Kier alpha value is -2.87. The summed E-state index contributed by atoms with van der Waals surface area (Å²) in [6.07, 6.45) is -0.524. The number of nitrogens with one attached hydrogen (secondary N) is 1. The van der Waals surface area contributed by atoms with Crippen molar-refractivity contribution in [3.63, 3.8) is 0 Å². The van der Waals surface area contributed by atoms with Crippen molar-refractivity contribution in [2.75, 3.05) is 37.6 Å². The highest BCUT2D eigenvalue weighted by molar-refractivity contribution is 5.79. The lowest BCUT2D eigenvalue weighted by Gasteiger charge is -2.36. The van der Waals surface area contributed by atoms with Gasteiger partial charge in [0, 0.05) is 32.2 Å². The monoisotopic (exact) mass is 439 g/mol. The van der Waals surface area contributed by atoms with Gasteiger partial charge in [-0.15, -0.1) is 0 Å². The number of anilines is 1. The Morgan fingerprint density at radius 2 is 1.84 bits per heavy atom. The largest absolute Gasteiger partial charge is 0.416 e. The van der Waals surface area contributed by atoms with E-state index >= 15 is 0 Å². The van der Waals surface area contributed by atoms with E-state index in [0.29, 0.717) is 45.1 Å². The second-order valence-electron chi connectivity index (χ2n) is 8.02. The van der Waals surface area contributed by atoms with Gasteiger partial charge in [-0.1, -0.05) is 19.3 Å². The Bertz CT molecular complexity index is 870. The number of carbonyl (C=O) groups is 1. The van der Waals surface area contributed by atoms with E-state index in [2.05, 4.69) is 11.4 Å². The lowest BCUT2D eigenvalue weighted by Crippen LogP contribution is -2.54. The van der Waals surface area contributed by atoms with Crippen molar-refractivity contribution >= 4 is 17.3 Å². The van der Waals surface area contributed by atoms with Crippen molar-refractivity contribution in [2.45, 2.75) is 43.8 Å². The molecule has 2 fully saturated rings. The number of rotatable bonds is 5. The van der Waals surface area contributed by atoms with Gasteiger partial charge in [0.15, 0.2) is 0 Å². The topological polar surface area (TPSA) is 103 Å². The van der Waals surface area contributed by atoms with Crippen LogP contribution in [0.2, 0.25) is 0 Å². The van der Waals surface area contributed by atoms with Crippen molar-refractivity contribution < 1.29 is 22.9 Å². The molecule has 8 nitrogen and oxygen atoms in total. The van der Waals surface area contributed by atoms with Gasteiger partial charge in [-0.3, -0.25) is 19.8 Å². The number of nitro groups is 1. The summed E-state index contributed by atoms with van der Waals surface area (Å²) >= 11 is 0. The maximum absolute atomic E-state index is 12.9. The van der Waals surface area contributed by atoms with Gasteiger partial charge in [-0.25, -0.2) is 0 Å². The van der Waals surface area contributed by atoms with Gasteiger partial charge in [0.25, 0.3) is 5.69 Å². The molecule has 11 heteroatoms. The Morgan fingerprint density at radius 3 is 2.39 bits per heavy atom. The van der Waals surface area contributed by atoms with E-state index in [9.17, 15) is 33.3 Å². The SMILES string of the molecule is N#CC1(NC(=O)CN2CCN(c3ccc(C(F)(F)F)cc3[N+](=O)[O-])CC2)CCCCC1. The van der Waals surface area contributed by atoms with Crippen LogP contribution < -0.4 is 10.2 Å². The second kappa shape index (κ2) is 9.09. The zero-order valence-electron chi connectivity index (χ0n) is 17.0. The molecule has 1 aromatic carbocycles. The number of nitro benzene ring substituents is 1. The molecule has 0 aromatic heterocycles. The highest BCUT2D eigenvalue weighted by Crippen LogP contribution is 2.36. The third-order valence-electron chi connectivity index (χ3n) is 5.88. The average molecular weight is 439 g/mol. The summed E-state index contributed by atoms with van der Waals surface area (Å²) in [5.74, 6) is -0.239. The molecule has 1 saturated carbocycles. The first-order chi connectivity index (χ1) is 14.6. The molecule has 0 bridgehead atoms. The molecule has 0 atom stereocenters. The van der Waals surface area contributed by atoms with Gasteiger partial charge in [0.2, 0.25) is 5.91 Å². The zero-order chi connectivity index (χ0) is 22.6. The number of amides is 1. The van der Waals surface area contributed by atoms with Gasteiger partial charge in [0.1, 0.15) is 11.2 Å². The molecule has 1 heterocycles. The maximum Gasteiger partial charge on any atom is 0.416 e. The number of hydrogen-bond acceptors (Lipinski definition) is 6. The van der Waals surface area contributed by atoms with E-state index in [1.807, 2.05) is 4.90 Å². The van der Waals surface area contributed by atoms with Crippen molar-refractivity contribution in [1.82, 2.24) is 10.2 Å². The van der Waals surface area contributed by atoms with E-state index in [1.165, 1.54) is 0 Å². The van der Waals surface area contributed by atoms with Crippen LogP contribution in [0.5, 0.6) is 0 Å². The summed E-state index contributed by atoms with van der Waals surface area (Å²) in [5.41, 5.74) is -2.33. The second-order valence-corrected chi connectivity index (χ2v) is 8.02. The van der Waals surface area contributed by atoms with Crippen LogP contribution in [0.25, 0.3) is 0 Å². The van der Waals surface area contributed by atoms with Crippen molar-refractivity contribution in [3.05, 3.63) is 33.9 Å².